The van der Waals surface area contributed by atoms with Gasteiger partial charge in [-0.2, -0.15) is 0 Å². The van der Waals surface area contributed by atoms with E-state index < -0.39 is 0 Å². The van der Waals surface area contributed by atoms with Gasteiger partial charge in [-0.05, 0) is 52.9 Å². The standard InChI is InChI=1S/C14H26O/c1-13(2)9-8-11-14(3)10-6-4-5-7-12-15/h9-10,15H,4-8,11-12H2,1-3H3. The summed E-state index contributed by atoms with van der Waals surface area (Å²) < 4.78 is 0. The summed E-state index contributed by atoms with van der Waals surface area (Å²) in [4.78, 5) is 0. The Morgan fingerprint density at radius 2 is 1.67 bits per heavy atom. The van der Waals surface area contributed by atoms with Crippen LogP contribution in [0.15, 0.2) is 23.3 Å². The molecule has 0 rings (SSSR count). The molecule has 0 amide bonds. The van der Waals surface area contributed by atoms with E-state index in [0.29, 0.717) is 6.61 Å². The molecule has 0 aromatic heterocycles. The molecule has 1 nitrogen and oxygen atoms in total. The van der Waals surface area contributed by atoms with Crippen LogP contribution in [0.4, 0.5) is 0 Å². The molecule has 0 aliphatic heterocycles. The van der Waals surface area contributed by atoms with E-state index in [1.807, 2.05) is 0 Å². The molecule has 0 radical (unpaired) electrons. The molecule has 0 fully saturated rings. The van der Waals surface area contributed by atoms with Crippen LogP contribution in [0.2, 0.25) is 0 Å². The molecule has 0 atom stereocenters. The number of allylic oxidation sites excluding steroid dienone is 4. The summed E-state index contributed by atoms with van der Waals surface area (Å²) in [7, 11) is 0. The van der Waals surface area contributed by atoms with E-state index in [1.54, 1.807) is 0 Å². The summed E-state index contributed by atoms with van der Waals surface area (Å²) in [6.45, 7) is 6.84. The Morgan fingerprint density at radius 1 is 0.933 bits per heavy atom. The van der Waals surface area contributed by atoms with Crippen LogP contribution in [0.5, 0.6) is 0 Å². The highest BCUT2D eigenvalue weighted by atomic mass is 16.2. The maximum absolute atomic E-state index is 8.62. The fourth-order valence-corrected chi connectivity index (χ4v) is 1.47. The molecule has 0 unspecified atom stereocenters. The van der Waals surface area contributed by atoms with Gasteiger partial charge in [0.2, 0.25) is 0 Å². The predicted octanol–water partition coefficient (Wildman–Crippen LogP) is 4.23. The summed E-state index contributed by atoms with van der Waals surface area (Å²) in [6, 6.07) is 0. The molecule has 1 heteroatoms. The number of rotatable bonds is 8. The largest absolute Gasteiger partial charge is 0.396 e. The van der Waals surface area contributed by atoms with Crippen molar-refractivity contribution in [2.45, 2.75) is 59.3 Å². The highest BCUT2D eigenvalue weighted by Gasteiger charge is 1.90. The average molecular weight is 210 g/mol. The minimum absolute atomic E-state index is 0.337. The van der Waals surface area contributed by atoms with E-state index in [9.17, 15) is 0 Å². The summed E-state index contributed by atoms with van der Waals surface area (Å²) in [5.41, 5.74) is 2.90. The van der Waals surface area contributed by atoms with Gasteiger partial charge in [-0.15, -0.1) is 0 Å². The Hall–Kier alpha value is -0.560. The molecule has 15 heavy (non-hydrogen) atoms. The maximum atomic E-state index is 8.62. The van der Waals surface area contributed by atoms with Gasteiger partial charge in [-0.3, -0.25) is 0 Å². The minimum Gasteiger partial charge on any atom is -0.396 e. The number of aliphatic hydroxyl groups excluding tert-OH is 1. The molecule has 88 valence electrons. The molecule has 0 heterocycles. The van der Waals surface area contributed by atoms with Crippen molar-refractivity contribution in [1.29, 1.82) is 0 Å². The Balaban J connectivity index is 3.48. The molecule has 0 aromatic rings. The van der Waals surface area contributed by atoms with Crippen molar-refractivity contribution >= 4 is 0 Å². The summed E-state index contributed by atoms with van der Waals surface area (Å²) in [6.07, 6.45) is 11.5. The van der Waals surface area contributed by atoms with Crippen LogP contribution in [0.3, 0.4) is 0 Å². The van der Waals surface area contributed by atoms with Gasteiger partial charge in [0.25, 0.3) is 0 Å². The van der Waals surface area contributed by atoms with Crippen LogP contribution in [-0.2, 0) is 0 Å². The lowest BCUT2D eigenvalue weighted by Crippen LogP contribution is -1.83. The van der Waals surface area contributed by atoms with Crippen molar-refractivity contribution in [3.8, 4) is 0 Å². The fraction of sp³-hybridized carbons (Fsp3) is 0.714. The third-order valence-corrected chi connectivity index (χ3v) is 2.45. The zero-order valence-electron chi connectivity index (χ0n) is 10.6. The third-order valence-electron chi connectivity index (χ3n) is 2.45. The molecule has 1 N–H and O–H groups in total. The van der Waals surface area contributed by atoms with Gasteiger partial charge in [-0.25, -0.2) is 0 Å². The molecule has 0 bridgehead atoms. The van der Waals surface area contributed by atoms with Crippen LogP contribution in [0.25, 0.3) is 0 Å². The fourth-order valence-electron chi connectivity index (χ4n) is 1.47. The maximum Gasteiger partial charge on any atom is 0.0431 e. The van der Waals surface area contributed by atoms with E-state index in [-0.39, 0.29) is 0 Å². The smallest absolute Gasteiger partial charge is 0.0431 e. The lowest BCUT2D eigenvalue weighted by atomic mass is 10.1. The van der Waals surface area contributed by atoms with Crippen LogP contribution >= 0.6 is 0 Å². The molecular weight excluding hydrogens is 184 g/mol. The summed E-state index contributed by atoms with van der Waals surface area (Å²) >= 11 is 0. The van der Waals surface area contributed by atoms with Crippen LogP contribution in [0, 0.1) is 0 Å². The number of aliphatic hydroxyl groups is 1. The highest BCUT2D eigenvalue weighted by molar-refractivity contribution is 5.01. The van der Waals surface area contributed by atoms with Crippen molar-refractivity contribution in [1.82, 2.24) is 0 Å². The summed E-state index contributed by atoms with van der Waals surface area (Å²) in [5, 5.41) is 8.62. The van der Waals surface area contributed by atoms with Gasteiger partial charge in [-0.1, -0.05) is 29.7 Å². The van der Waals surface area contributed by atoms with Gasteiger partial charge in [0.15, 0.2) is 0 Å². The molecule has 0 saturated carbocycles. The molecule has 0 aromatic carbocycles. The van der Waals surface area contributed by atoms with Crippen molar-refractivity contribution in [2.24, 2.45) is 0 Å². The van der Waals surface area contributed by atoms with E-state index in [4.69, 9.17) is 5.11 Å². The zero-order valence-corrected chi connectivity index (χ0v) is 10.6. The van der Waals surface area contributed by atoms with E-state index >= 15 is 0 Å². The third kappa shape index (κ3) is 11.4. The van der Waals surface area contributed by atoms with E-state index in [0.717, 1.165) is 12.8 Å². The quantitative estimate of drug-likeness (QED) is 0.469. The van der Waals surface area contributed by atoms with Crippen molar-refractivity contribution < 1.29 is 5.11 Å². The van der Waals surface area contributed by atoms with Crippen molar-refractivity contribution in [2.75, 3.05) is 6.61 Å². The lowest BCUT2D eigenvalue weighted by Gasteiger charge is -1.99. The first-order chi connectivity index (χ1) is 7.16. The van der Waals surface area contributed by atoms with Gasteiger partial charge >= 0.3 is 0 Å². The number of hydrogen-bond donors (Lipinski definition) is 1. The molecule has 0 aliphatic carbocycles. The van der Waals surface area contributed by atoms with E-state index in [1.165, 1.54) is 36.8 Å². The average Bonchev–Trinajstić information content (AvgIpc) is 2.17. The van der Waals surface area contributed by atoms with Crippen molar-refractivity contribution in [3.63, 3.8) is 0 Å². The second-order valence-corrected chi connectivity index (χ2v) is 4.44. The van der Waals surface area contributed by atoms with Gasteiger partial charge in [0, 0.05) is 6.61 Å². The zero-order chi connectivity index (χ0) is 11.5. The topological polar surface area (TPSA) is 20.2 Å². The summed E-state index contributed by atoms with van der Waals surface area (Å²) in [5.74, 6) is 0. The first-order valence-electron chi connectivity index (χ1n) is 6.06. The van der Waals surface area contributed by atoms with Crippen molar-refractivity contribution in [3.05, 3.63) is 23.3 Å². The predicted molar refractivity (Wildman–Crippen MR) is 68.0 cm³/mol. The molecular formula is C14H26O. The molecule has 0 spiro atoms. The minimum atomic E-state index is 0.337. The van der Waals surface area contributed by atoms with Crippen LogP contribution < -0.4 is 0 Å². The van der Waals surface area contributed by atoms with Crippen LogP contribution in [0.1, 0.15) is 59.3 Å². The SMILES string of the molecule is CC(C)=CCCC(C)=CCCCCCO. The second-order valence-electron chi connectivity index (χ2n) is 4.44. The van der Waals surface area contributed by atoms with Gasteiger partial charge in [0.1, 0.15) is 0 Å². The van der Waals surface area contributed by atoms with Crippen LogP contribution in [-0.4, -0.2) is 11.7 Å². The molecule has 0 aliphatic rings. The number of unbranched alkanes of at least 4 members (excludes halogenated alkanes) is 3. The Bertz CT molecular complexity index is 197. The Morgan fingerprint density at radius 3 is 2.27 bits per heavy atom. The van der Waals surface area contributed by atoms with E-state index in [2.05, 4.69) is 32.9 Å². The van der Waals surface area contributed by atoms with Gasteiger partial charge in [0.05, 0.1) is 0 Å². The Labute approximate surface area is 94.9 Å². The first kappa shape index (κ1) is 14.4. The highest BCUT2D eigenvalue weighted by Crippen LogP contribution is 2.09. The van der Waals surface area contributed by atoms with Gasteiger partial charge < -0.3 is 5.11 Å². The number of hydrogen-bond acceptors (Lipinski definition) is 1. The first-order valence-corrected chi connectivity index (χ1v) is 6.06. The lowest BCUT2D eigenvalue weighted by molar-refractivity contribution is 0.283. The molecule has 0 saturated heterocycles. The monoisotopic (exact) mass is 210 g/mol. The normalized spacial score (nSPS) is 11.6. The Kier molecular flexibility index (Phi) is 9.60. The second kappa shape index (κ2) is 9.97.